The van der Waals surface area contributed by atoms with Gasteiger partial charge in [-0.2, -0.15) is 0 Å². The zero-order chi connectivity index (χ0) is 14.9. The van der Waals surface area contributed by atoms with Crippen LogP contribution in [0.2, 0.25) is 0 Å². The van der Waals surface area contributed by atoms with Crippen molar-refractivity contribution in [3.05, 3.63) is 33.2 Å². The average molecular weight is 382 g/mol. The first-order valence-electron chi connectivity index (χ1n) is 6.52. The van der Waals surface area contributed by atoms with Crippen LogP contribution in [0.4, 0.5) is 5.82 Å². The third-order valence-corrected chi connectivity index (χ3v) is 4.04. The van der Waals surface area contributed by atoms with Crippen LogP contribution in [0.3, 0.4) is 0 Å². The summed E-state index contributed by atoms with van der Waals surface area (Å²) in [6, 6.07) is 3.95. The van der Waals surface area contributed by atoms with Crippen LogP contribution in [0.25, 0.3) is 11.5 Å². The van der Waals surface area contributed by atoms with E-state index < -0.39 is 0 Å². The van der Waals surface area contributed by atoms with Crippen molar-refractivity contribution in [2.24, 2.45) is 0 Å². The highest BCUT2D eigenvalue weighted by molar-refractivity contribution is 14.1. The summed E-state index contributed by atoms with van der Waals surface area (Å²) in [7, 11) is 1.88. The van der Waals surface area contributed by atoms with Crippen LogP contribution in [-0.4, -0.2) is 22.0 Å². The topological polar surface area (TPSA) is 50.7 Å². The molecule has 2 aromatic heterocycles. The van der Waals surface area contributed by atoms with Crippen molar-refractivity contribution in [3.8, 4) is 11.5 Å². The van der Waals surface area contributed by atoms with Crippen LogP contribution in [0.1, 0.15) is 32.0 Å². The monoisotopic (exact) mass is 382 g/mol. The lowest BCUT2D eigenvalue weighted by Gasteiger charge is -2.21. The molecule has 0 saturated carbocycles. The molecule has 0 amide bonds. The standard InChI is InChI=1S/C15H19IN4/c1-9-7-6-8-18-11(9)14-19-12(15(2,3)4)10(16)13(17-5)20-14/h6-8H,1-5H3,(H,17,19,20). The Morgan fingerprint density at radius 1 is 1.20 bits per heavy atom. The van der Waals surface area contributed by atoms with Crippen LogP contribution in [-0.2, 0) is 5.41 Å². The molecule has 0 aromatic carbocycles. The summed E-state index contributed by atoms with van der Waals surface area (Å²) in [5, 5.41) is 3.15. The Bertz CT molecular complexity index is 632. The zero-order valence-electron chi connectivity index (χ0n) is 12.5. The van der Waals surface area contributed by atoms with E-state index in [0.717, 1.165) is 26.3 Å². The van der Waals surface area contributed by atoms with E-state index in [1.54, 1.807) is 6.20 Å². The molecule has 2 heterocycles. The Balaban J connectivity index is 2.70. The van der Waals surface area contributed by atoms with E-state index in [0.29, 0.717) is 5.82 Å². The molecule has 0 aliphatic carbocycles. The van der Waals surface area contributed by atoms with Crippen molar-refractivity contribution in [2.45, 2.75) is 33.1 Å². The minimum atomic E-state index is -0.0392. The van der Waals surface area contributed by atoms with Gasteiger partial charge in [-0.05, 0) is 41.1 Å². The molecule has 4 nitrogen and oxygen atoms in total. The molecule has 0 unspecified atom stereocenters. The third-order valence-electron chi connectivity index (χ3n) is 3.02. The van der Waals surface area contributed by atoms with Gasteiger partial charge in [0.1, 0.15) is 11.5 Å². The maximum atomic E-state index is 4.76. The lowest BCUT2D eigenvalue weighted by molar-refractivity contribution is 0.564. The molecule has 106 valence electrons. The Morgan fingerprint density at radius 3 is 2.45 bits per heavy atom. The summed E-state index contributed by atoms with van der Waals surface area (Å²) in [6.45, 7) is 8.50. The fourth-order valence-corrected chi connectivity index (χ4v) is 3.26. The quantitative estimate of drug-likeness (QED) is 0.803. The Kier molecular flexibility index (Phi) is 4.27. The second kappa shape index (κ2) is 5.63. The number of anilines is 1. The molecule has 2 aromatic rings. The van der Waals surface area contributed by atoms with Gasteiger partial charge in [-0.3, -0.25) is 4.98 Å². The molecule has 0 bridgehead atoms. The first kappa shape index (κ1) is 15.2. The van der Waals surface area contributed by atoms with Crippen molar-refractivity contribution in [3.63, 3.8) is 0 Å². The maximum Gasteiger partial charge on any atom is 0.180 e. The highest BCUT2D eigenvalue weighted by Crippen LogP contribution is 2.31. The van der Waals surface area contributed by atoms with E-state index in [-0.39, 0.29) is 5.41 Å². The van der Waals surface area contributed by atoms with Gasteiger partial charge in [0.2, 0.25) is 0 Å². The van der Waals surface area contributed by atoms with Gasteiger partial charge in [0, 0.05) is 18.7 Å². The number of hydrogen-bond donors (Lipinski definition) is 1. The average Bonchev–Trinajstić information content (AvgIpc) is 2.38. The third kappa shape index (κ3) is 2.92. The zero-order valence-corrected chi connectivity index (χ0v) is 14.6. The Labute approximate surface area is 133 Å². The summed E-state index contributed by atoms with van der Waals surface area (Å²) in [5.74, 6) is 1.53. The van der Waals surface area contributed by atoms with Crippen molar-refractivity contribution in [1.82, 2.24) is 15.0 Å². The smallest absolute Gasteiger partial charge is 0.180 e. The number of nitrogens with one attached hydrogen (secondary N) is 1. The molecule has 0 atom stereocenters. The second-order valence-electron chi connectivity index (χ2n) is 5.73. The minimum absolute atomic E-state index is 0.0392. The molecule has 0 aliphatic rings. The number of aryl methyl sites for hydroxylation is 1. The summed E-state index contributed by atoms with van der Waals surface area (Å²) in [6.07, 6.45) is 1.78. The number of hydrogen-bond acceptors (Lipinski definition) is 4. The second-order valence-corrected chi connectivity index (χ2v) is 6.81. The molecule has 2 rings (SSSR count). The van der Waals surface area contributed by atoms with E-state index in [4.69, 9.17) is 4.98 Å². The normalized spacial score (nSPS) is 11.5. The molecule has 1 N–H and O–H groups in total. The van der Waals surface area contributed by atoms with Gasteiger partial charge >= 0.3 is 0 Å². The summed E-state index contributed by atoms with van der Waals surface area (Å²) in [4.78, 5) is 13.8. The van der Waals surface area contributed by atoms with E-state index in [9.17, 15) is 0 Å². The van der Waals surface area contributed by atoms with Gasteiger partial charge in [0.15, 0.2) is 5.82 Å². The van der Waals surface area contributed by atoms with Gasteiger partial charge in [0.25, 0.3) is 0 Å². The fourth-order valence-electron chi connectivity index (χ4n) is 1.94. The summed E-state index contributed by atoms with van der Waals surface area (Å²) in [5.41, 5.74) is 2.92. The van der Waals surface area contributed by atoms with E-state index >= 15 is 0 Å². The summed E-state index contributed by atoms with van der Waals surface area (Å²) < 4.78 is 1.06. The SMILES string of the molecule is CNc1nc(-c2ncccc2C)nc(C(C)(C)C)c1I. The lowest BCUT2D eigenvalue weighted by atomic mass is 9.92. The first-order chi connectivity index (χ1) is 9.34. The van der Waals surface area contributed by atoms with Crippen LogP contribution >= 0.6 is 22.6 Å². The van der Waals surface area contributed by atoms with Crippen molar-refractivity contribution in [1.29, 1.82) is 0 Å². The Hall–Kier alpha value is -1.24. The molecule has 0 saturated heterocycles. The number of pyridine rings is 1. The molecule has 0 fully saturated rings. The van der Waals surface area contributed by atoms with Crippen LogP contribution < -0.4 is 5.32 Å². The van der Waals surface area contributed by atoms with Crippen LogP contribution in [0.15, 0.2) is 18.3 Å². The maximum absolute atomic E-state index is 4.76. The van der Waals surface area contributed by atoms with Gasteiger partial charge in [-0.1, -0.05) is 26.8 Å². The van der Waals surface area contributed by atoms with E-state index in [2.05, 4.69) is 58.6 Å². The molecule has 5 heteroatoms. The van der Waals surface area contributed by atoms with Crippen LogP contribution in [0.5, 0.6) is 0 Å². The Morgan fingerprint density at radius 2 is 1.90 bits per heavy atom. The highest BCUT2D eigenvalue weighted by atomic mass is 127. The van der Waals surface area contributed by atoms with Crippen molar-refractivity contribution in [2.75, 3.05) is 12.4 Å². The van der Waals surface area contributed by atoms with Crippen LogP contribution in [0, 0.1) is 10.5 Å². The summed E-state index contributed by atoms with van der Waals surface area (Å²) >= 11 is 2.30. The molecule has 0 aliphatic heterocycles. The van der Waals surface area contributed by atoms with Gasteiger partial charge < -0.3 is 5.32 Å². The molecule has 20 heavy (non-hydrogen) atoms. The van der Waals surface area contributed by atoms with Gasteiger partial charge in [-0.25, -0.2) is 9.97 Å². The number of rotatable bonds is 2. The molecular weight excluding hydrogens is 363 g/mol. The molecular formula is C15H19IN4. The number of aromatic nitrogens is 3. The first-order valence-corrected chi connectivity index (χ1v) is 7.60. The highest BCUT2D eigenvalue weighted by Gasteiger charge is 2.23. The van der Waals surface area contributed by atoms with Crippen molar-refractivity contribution >= 4 is 28.4 Å². The van der Waals surface area contributed by atoms with Gasteiger partial charge in [0.05, 0.1) is 9.26 Å². The molecule has 0 radical (unpaired) electrons. The van der Waals surface area contributed by atoms with Crippen molar-refractivity contribution < 1.29 is 0 Å². The van der Waals surface area contributed by atoms with E-state index in [1.165, 1.54) is 0 Å². The number of nitrogens with zero attached hydrogens (tertiary/aromatic N) is 3. The predicted octanol–water partition coefficient (Wildman–Crippen LogP) is 3.79. The van der Waals surface area contributed by atoms with Gasteiger partial charge in [-0.15, -0.1) is 0 Å². The number of halogens is 1. The largest absolute Gasteiger partial charge is 0.372 e. The van der Waals surface area contributed by atoms with E-state index in [1.807, 2.05) is 26.1 Å². The fraction of sp³-hybridized carbons (Fsp3) is 0.400. The lowest BCUT2D eigenvalue weighted by Crippen LogP contribution is -2.18. The minimum Gasteiger partial charge on any atom is -0.372 e. The molecule has 0 spiro atoms. The predicted molar refractivity (Wildman–Crippen MR) is 91.0 cm³/mol.